The zero-order valence-corrected chi connectivity index (χ0v) is 22.0. The summed E-state index contributed by atoms with van der Waals surface area (Å²) in [5.41, 5.74) is 5.04. The molecule has 9 nitrogen and oxygen atoms in total. The van der Waals surface area contributed by atoms with Crippen LogP contribution in [0, 0.1) is 0 Å². The molecule has 0 saturated heterocycles. The summed E-state index contributed by atoms with van der Waals surface area (Å²) in [6.45, 7) is 7.18. The zero-order chi connectivity index (χ0) is 27.3. The van der Waals surface area contributed by atoms with Gasteiger partial charge in [-0.3, -0.25) is 4.79 Å². The molecule has 1 N–H and O–H groups in total. The predicted molar refractivity (Wildman–Crippen MR) is 144 cm³/mol. The van der Waals surface area contributed by atoms with Crippen LogP contribution in [0.25, 0.3) is 0 Å². The minimum absolute atomic E-state index is 0.334. The van der Waals surface area contributed by atoms with Crippen molar-refractivity contribution >= 4 is 18.1 Å². The maximum atomic E-state index is 12.7. The fourth-order valence-corrected chi connectivity index (χ4v) is 3.42. The van der Waals surface area contributed by atoms with Crippen molar-refractivity contribution in [1.82, 2.24) is 5.43 Å². The van der Waals surface area contributed by atoms with Gasteiger partial charge in [-0.05, 0) is 80.4 Å². The lowest BCUT2D eigenvalue weighted by Crippen LogP contribution is -2.18. The van der Waals surface area contributed by atoms with Crippen molar-refractivity contribution in [2.45, 2.75) is 27.4 Å². The lowest BCUT2D eigenvalue weighted by Gasteiger charge is -2.16. The largest absolute Gasteiger partial charge is 0.490 e. The lowest BCUT2D eigenvalue weighted by atomic mass is 10.1. The van der Waals surface area contributed by atoms with Crippen molar-refractivity contribution in [2.75, 3.05) is 26.9 Å². The van der Waals surface area contributed by atoms with Crippen LogP contribution in [0.5, 0.6) is 23.0 Å². The molecule has 0 radical (unpaired) electrons. The highest BCUT2D eigenvalue weighted by atomic mass is 16.5. The third-order valence-electron chi connectivity index (χ3n) is 5.21. The first kappa shape index (κ1) is 28.0. The SMILES string of the molecule is CCOc1cc(C(=O)N/N=C/c2ccc(OCc3ccc(C(=O)OC)cc3)cc2)cc(OCC)c1OCC. The number of rotatable bonds is 13. The molecule has 3 aromatic rings. The number of hydrogen-bond donors (Lipinski definition) is 1. The van der Waals surface area contributed by atoms with E-state index in [1.54, 1.807) is 36.4 Å². The van der Waals surface area contributed by atoms with Crippen molar-refractivity contribution < 1.29 is 33.3 Å². The quantitative estimate of drug-likeness (QED) is 0.192. The zero-order valence-electron chi connectivity index (χ0n) is 22.0. The monoisotopic (exact) mass is 520 g/mol. The highest BCUT2D eigenvalue weighted by Gasteiger charge is 2.18. The third kappa shape index (κ3) is 7.73. The van der Waals surface area contributed by atoms with Crippen molar-refractivity contribution in [3.63, 3.8) is 0 Å². The molecule has 200 valence electrons. The van der Waals surface area contributed by atoms with Crippen LogP contribution in [0.3, 0.4) is 0 Å². The number of benzene rings is 3. The Morgan fingerprint density at radius 3 is 1.95 bits per heavy atom. The van der Waals surface area contributed by atoms with E-state index < -0.39 is 5.91 Å². The number of nitrogens with zero attached hydrogens (tertiary/aromatic N) is 1. The molecular weight excluding hydrogens is 488 g/mol. The topological polar surface area (TPSA) is 105 Å². The van der Waals surface area contributed by atoms with Gasteiger partial charge in [0.2, 0.25) is 5.75 Å². The molecule has 0 aliphatic rings. The Hall–Kier alpha value is -4.53. The Balaban J connectivity index is 1.59. The number of amides is 1. The van der Waals surface area contributed by atoms with E-state index in [0.29, 0.717) is 60.6 Å². The van der Waals surface area contributed by atoms with Gasteiger partial charge in [-0.25, -0.2) is 10.2 Å². The van der Waals surface area contributed by atoms with Crippen LogP contribution >= 0.6 is 0 Å². The Labute approximate surface area is 222 Å². The molecule has 1 amide bonds. The number of methoxy groups -OCH3 is 1. The summed E-state index contributed by atoms with van der Waals surface area (Å²) >= 11 is 0. The molecule has 0 aromatic heterocycles. The van der Waals surface area contributed by atoms with Gasteiger partial charge < -0.3 is 23.7 Å². The highest BCUT2D eigenvalue weighted by molar-refractivity contribution is 5.96. The second-order valence-corrected chi connectivity index (χ2v) is 7.85. The Morgan fingerprint density at radius 1 is 0.789 bits per heavy atom. The maximum Gasteiger partial charge on any atom is 0.337 e. The summed E-state index contributed by atoms with van der Waals surface area (Å²) in [5.74, 6) is 1.22. The van der Waals surface area contributed by atoms with Crippen molar-refractivity contribution in [2.24, 2.45) is 5.10 Å². The van der Waals surface area contributed by atoms with E-state index in [0.717, 1.165) is 11.1 Å². The normalized spacial score (nSPS) is 10.6. The van der Waals surface area contributed by atoms with Gasteiger partial charge in [0.1, 0.15) is 12.4 Å². The lowest BCUT2D eigenvalue weighted by molar-refractivity contribution is 0.0600. The second kappa shape index (κ2) is 14.3. The molecule has 0 bridgehead atoms. The molecule has 0 unspecified atom stereocenters. The molecule has 0 atom stereocenters. The number of carbonyl (C=O) groups is 2. The summed E-state index contributed by atoms with van der Waals surface area (Å²) in [6, 6.07) is 17.5. The summed E-state index contributed by atoms with van der Waals surface area (Å²) in [7, 11) is 1.35. The molecule has 0 fully saturated rings. The van der Waals surface area contributed by atoms with Gasteiger partial charge in [-0.1, -0.05) is 12.1 Å². The van der Waals surface area contributed by atoms with E-state index in [9.17, 15) is 9.59 Å². The predicted octanol–water partition coefficient (Wildman–Crippen LogP) is 5.01. The third-order valence-corrected chi connectivity index (χ3v) is 5.21. The van der Waals surface area contributed by atoms with Gasteiger partial charge in [-0.2, -0.15) is 5.10 Å². The number of esters is 1. The molecule has 0 spiro atoms. The molecule has 0 saturated carbocycles. The molecule has 0 aliphatic carbocycles. The summed E-state index contributed by atoms with van der Waals surface area (Å²) in [5, 5.41) is 4.06. The summed E-state index contributed by atoms with van der Waals surface area (Å²) < 4.78 is 27.5. The van der Waals surface area contributed by atoms with Gasteiger partial charge in [0.25, 0.3) is 5.91 Å². The Bertz CT molecular complexity index is 1210. The first-order valence-corrected chi connectivity index (χ1v) is 12.3. The fourth-order valence-electron chi connectivity index (χ4n) is 3.42. The Kier molecular flexibility index (Phi) is 10.5. The van der Waals surface area contributed by atoms with Gasteiger partial charge in [0.15, 0.2) is 11.5 Å². The summed E-state index contributed by atoms with van der Waals surface area (Å²) in [4.78, 5) is 24.3. The van der Waals surface area contributed by atoms with Gasteiger partial charge in [0, 0.05) is 5.56 Å². The van der Waals surface area contributed by atoms with Gasteiger partial charge in [0.05, 0.1) is 38.7 Å². The van der Waals surface area contributed by atoms with Gasteiger partial charge in [-0.15, -0.1) is 0 Å². The fraction of sp³-hybridized carbons (Fsp3) is 0.276. The van der Waals surface area contributed by atoms with Crippen molar-refractivity contribution in [1.29, 1.82) is 0 Å². The van der Waals surface area contributed by atoms with Crippen LogP contribution < -0.4 is 24.4 Å². The smallest absolute Gasteiger partial charge is 0.337 e. The first-order valence-electron chi connectivity index (χ1n) is 12.3. The molecule has 3 aromatic carbocycles. The van der Waals surface area contributed by atoms with E-state index >= 15 is 0 Å². The van der Waals surface area contributed by atoms with Crippen LogP contribution in [0.1, 0.15) is 52.6 Å². The van der Waals surface area contributed by atoms with E-state index in [1.165, 1.54) is 13.3 Å². The number of hydrazone groups is 1. The number of nitrogens with one attached hydrogen (secondary N) is 1. The molecular formula is C29H32N2O7. The van der Waals surface area contributed by atoms with E-state index in [-0.39, 0.29) is 5.97 Å². The van der Waals surface area contributed by atoms with Crippen LogP contribution in [-0.2, 0) is 11.3 Å². The minimum atomic E-state index is -0.413. The minimum Gasteiger partial charge on any atom is -0.490 e. The molecule has 9 heteroatoms. The van der Waals surface area contributed by atoms with E-state index in [2.05, 4.69) is 10.5 Å². The van der Waals surface area contributed by atoms with E-state index in [4.69, 9.17) is 23.7 Å². The molecule has 0 heterocycles. The number of hydrogen-bond acceptors (Lipinski definition) is 8. The second-order valence-electron chi connectivity index (χ2n) is 7.85. The number of ether oxygens (including phenoxy) is 5. The standard InChI is InChI=1S/C29H32N2O7/c1-5-35-25-16-23(17-26(36-6-2)27(25)37-7-3)28(32)31-30-18-20-10-14-24(15-11-20)38-19-21-8-12-22(13-9-21)29(33)34-4/h8-18H,5-7,19H2,1-4H3,(H,31,32)/b30-18+. The van der Waals surface area contributed by atoms with Crippen LogP contribution in [0.2, 0.25) is 0 Å². The molecule has 38 heavy (non-hydrogen) atoms. The van der Waals surface area contributed by atoms with Crippen LogP contribution in [-0.4, -0.2) is 45.0 Å². The maximum absolute atomic E-state index is 12.7. The van der Waals surface area contributed by atoms with Crippen LogP contribution in [0.15, 0.2) is 65.8 Å². The Morgan fingerprint density at radius 2 is 1.39 bits per heavy atom. The van der Waals surface area contributed by atoms with Crippen LogP contribution in [0.4, 0.5) is 0 Å². The average molecular weight is 521 g/mol. The summed E-state index contributed by atoms with van der Waals surface area (Å²) in [6.07, 6.45) is 1.54. The first-order chi connectivity index (χ1) is 18.5. The highest BCUT2D eigenvalue weighted by Crippen LogP contribution is 2.39. The average Bonchev–Trinajstić information content (AvgIpc) is 2.94. The van der Waals surface area contributed by atoms with E-state index in [1.807, 2.05) is 45.0 Å². The van der Waals surface area contributed by atoms with Crippen molar-refractivity contribution in [3.8, 4) is 23.0 Å². The van der Waals surface area contributed by atoms with Gasteiger partial charge >= 0.3 is 5.97 Å². The molecule has 3 rings (SSSR count). The van der Waals surface area contributed by atoms with Crippen molar-refractivity contribution in [3.05, 3.63) is 82.9 Å². The molecule has 0 aliphatic heterocycles. The number of carbonyl (C=O) groups excluding carboxylic acids is 2.